The first kappa shape index (κ1) is 29.4. The zero-order valence-electron chi connectivity index (χ0n) is 19.9. The van der Waals surface area contributed by atoms with Gasteiger partial charge in [-0.2, -0.15) is 18.1 Å². The van der Waals surface area contributed by atoms with Gasteiger partial charge in [0.2, 0.25) is 5.91 Å². The first-order chi connectivity index (χ1) is 17.8. The maximum Gasteiger partial charge on any atom is 0.420 e. The standard InChI is InChI=1S/C24H25BrF3N3O6S/c25-17-7-11-19(12-8-17)38(36,37)14-15-3-1-2-4-20(15)30-21(32)13-29-22(33)31(23(34)35)18-9-5-16(6-10-18)24(26,27)28/h5-12,15,20H,1-4,13-14H2,(H,29,33)(H,30,32)(H,34,35)/t15-,20-/m0/s1. The van der Waals surface area contributed by atoms with Gasteiger partial charge in [-0.1, -0.05) is 28.8 Å². The number of urea groups is 1. The zero-order chi connectivity index (χ0) is 28.1. The van der Waals surface area contributed by atoms with E-state index in [1.54, 1.807) is 12.1 Å². The predicted octanol–water partition coefficient (Wildman–Crippen LogP) is 4.81. The summed E-state index contributed by atoms with van der Waals surface area (Å²) in [5.41, 5.74) is -1.36. The number of nitrogens with zero attached hydrogens (tertiary/aromatic N) is 1. The number of carbonyl (C=O) groups excluding carboxylic acids is 2. The first-order valence-electron chi connectivity index (χ1n) is 11.5. The van der Waals surface area contributed by atoms with Crippen molar-refractivity contribution in [3.8, 4) is 0 Å². The monoisotopic (exact) mass is 619 g/mol. The predicted molar refractivity (Wildman–Crippen MR) is 135 cm³/mol. The topological polar surface area (TPSA) is 133 Å². The van der Waals surface area contributed by atoms with Gasteiger partial charge in [-0.25, -0.2) is 18.0 Å². The van der Waals surface area contributed by atoms with E-state index in [1.807, 2.05) is 0 Å². The number of rotatable bonds is 7. The third kappa shape index (κ3) is 7.69. The van der Waals surface area contributed by atoms with Crippen LogP contribution in [0.25, 0.3) is 0 Å². The Balaban J connectivity index is 1.61. The Hall–Kier alpha value is -3.13. The average molecular weight is 620 g/mol. The summed E-state index contributed by atoms with van der Waals surface area (Å²) in [4.78, 5) is 36.9. The maximum atomic E-state index is 12.9. The van der Waals surface area contributed by atoms with E-state index < -0.39 is 52.2 Å². The van der Waals surface area contributed by atoms with Crippen LogP contribution in [0, 0.1) is 5.92 Å². The van der Waals surface area contributed by atoms with Gasteiger partial charge in [0, 0.05) is 10.5 Å². The lowest BCUT2D eigenvalue weighted by Gasteiger charge is -2.32. The Morgan fingerprint density at radius 1 is 1.00 bits per heavy atom. The van der Waals surface area contributed by atoms with Crippen LogP contribution in [0.5, 0.6) is 0 Å². The smallest absolute Gasteiger partial charge is 0.420 e. The van der Waals surface area contributed by atoms with Crippen LogP contribution in [0.4, 0.5) is 28.4 Å². The SMILES string of the molecule is O=C(CNC(=O)N(C(=O)O)c1ccc(C(F)(F)F)cc1)N[C@H]1CCCC[C@H]1CS(=O)(=O)c1ccc(Br)cc1. The minimum absolute atomic E-state index is 0.167. The van der Waals surface area contributed by atoms with Crippen LogP contribution in [0.15, 0.2) is 57.9 Å². The number of anilines is 1. The number of amides is 4. The third-order valence-corrected chi connectivity index (χ3v) is 8.50. The summed E-state index contributed by atoms with van der Waals surface area (Å²) in [5.74, 6) is -1.19. The number of halogens is 4. The molecule has 2 atom stereocenters. The maximum absolute atomic E-state index is 12.9. The summed E-state index contributed by atoms with van der Waals surface area (Å²) >= 11 is 3.26. The molecule has 0 bridgehead atoms. The number of nitrogens with one attached hydrogen (secondary N) is 2. The van der Waals surface area contributed by atoms with Crippen LogP contribution in [0.1, 0.15) is 31.2 Å². The molecule has 0 aromatic heterocycles. The molecule has 38 heavy (non-hydrogen) atoms. The molecule has 0 aliphatic heterocycles. The van der Waals surface area contributed by atoms with E-state index in [0.717, 1.165) is 29.4 Å². The molecule has 0 unspecified atom stereocenters. The molecule has 2 aromatic carbocycles. The fourth-order valence-electron chi connectivity index (χ4n) is 4.22. The lowest BCUT2D eigenvalue weighted by atomic mass is 9.86. The Bertz CT molecular complexity index is 1270. The Morgan fingerprint density at radius 2 is 1.61 bits per heavy atom. The molecule has 3 N–H and O–H groups in total. The molecule has 3 rings (SSSR count). The van der Waals surface area contributed by atoms with Crippen LogP contribution in [-0.4, -0.2) is 49.9 Å². The number of carbonyl (C=O) groups is 3. The molecule has 14 heteroatoms. The molecule has 1 aliphatic rings. The van der Waals surface area contributed by atoms with Crippen molar-refractivity contribution in [2.75, 3.05) is 17.2 Å². The minimum Gasteiger partial charge on any atom is -0.464 e. The average Bonchev–Trinajstić information content (AvgIpc) is 2.84. The first-order valence-corrected chi connectivity index (χ1v) is 14.0. The Morgan fingerprint density at radius 3 is 2.18 bits per heavy atom. The second kappa shape index (κ2) is 12.2. The van der Waals surface area contributed by atoms with Crippen molar-refractivity contribution >= 4 is 49.5 Å². The van der Waals surface area contributed by atoms with Gasteiger partial charge in [0.25, 0.3) is 0 Å². The molecule has 0 saturated heterocycles. The molecule has 9 nitrogen and oxygen atoms in total. The number of carboxylic acid groups (broad SMARTS) is 1. The molecule has 4 amide bonds. The van der Waals surface area contributed by atoms with Crippen molar-refractivity contribution in [3.63, 3.8) is 0 Å². The number of imide groups is 1. The van der Waals surface area contributed by atoms with Gasteiger partial charge in [-0.15, -0.1) is 0 Å². The van der Waals surface area contributed by atoms with Crippen LogP contribution in [0.2, 0.25) is 0 Å². The van der Waals surface area contributed by atoms with Gasteiger partial charge in [0.05, 0.1) is 28.4 Å². The number of hydrogen-bond acceptors (Lipinski definition) is 5. The quantitative estimate of drug-likeness (QED) is 0.407. The Kier molecular flexibility index (Phi) is 9.41. The molecule has 0 radical (unpaired) electrons. The van der Waals surface area contributed by atoms with Crippen molar-refractivity contribution < 1.29 is 41.1 Å². The minimum atomic E-state index is -4.64. The van der Waals surface area contributed by atoms with E-state index in [2.05, 4.69) is 26.6 Å². The fraction of sp³-hybridized carbons (Fsp3) is 0.375. The highest BCUT2D eigenvalue weighted by Gasteiger charge is 2.33. The normalized spacial score (nSPS) is 17.9. The molecule has 1 fully saturated rings. The second-order valence-electron chi connectivity index (χ2n) is 8.78. The molecule has 1 saturated carbocycles. The van der Waals surface area contributed by atoms with Gasteiger partial charge < -0.3 is 15.7 Å². The van der Waals surface area contributed by atoms with E-state index >= 15 is 0 Å². The third-order valence-electron chi connectivity index (χ3n) is 6.11. The lowest BCUT2D eigenvalue weighted by Crippen LogP contribution is -2.50. The highest BCUT2D eigenvalue weighted by atomic mass is 79.9. The van der Waals surface area contributed by atoms with Crippen LogP contribution < -0.4 is 15.5 Å². The van der Waals surface area contributed by atoms with E-state index in [4.69, 9.17) is 0 Å². The molecule has 1 aliphatic carbocycles. The summed E-state index contributed by atoms with van der Waals surface area (Å²) in [7, 11) is -3.62. The summed E-state index contributed by atoms with van der Waals surface area (Å²) in [5, 5.41) is 14.3. The molecule has 0 heterocycles. The van der Waals surface area contributed by atoms with Crippen LogP contribution in [0.3, 0.4) is 0 Å². The summed E-state index contributed by atoms with van der Waals surface area (Å²) in [6.45, 7) is -0.619. The van der Waals surface area contributed by atoms with Crippen LogP contribution >= 0.6 is 15.9 Å². The number of sulfone groups is 1. The zero-order valence-corrected chi connectivity index (χ0v) is 22.3. The molecule has 2 aromatic rings. The number of alkyl halides is 3. The van der Waals surface area contributed by atoms with E-state index in [-0.39, 0.29) is 27.2 Å². The van der Waals surface area contributed by atoms with Crippen LogP contribution in [-0.2, 0) is 20.8 Å². The molecular weight excluding hydrogens is 595 g/mol. The van der Waals surface area contributed by atoms with Crippen molar-refractivity contribution in [1.82, 2.24) is 10.6 Å². The summed E-state index contributed by atoms with van der Waals surface area (Å²) < 4.78 is 64.8. The number of benzene rings is 2. The summed E-state index contributed by atoms with van der Waals surface area (Å²) in [6, 6.07) is 7.47. The highest BCUT2D eigenvalue weighted by Crippen LogP contribution is 2.31. The lowest BCUT2D eigenvalue weighted by molar-refractivity contribution is -0.137. The van der Waals surface area contributed by atoms with E-state index in [9.17, 15) is 41.1 Å². The summed E-state index contributed by atoms with van der Waals surface area (Å²) in [6.07, 6.45) is -3.72. The van der Waals surface area contributed by atoms with Gasteiger partial charge in [-0.3, -0.25) is 4.79 Å². The van der Waals surface area contributed by atoms with Gasteiger partial charge >= 0.3 is 18.3 Å². The van der Waals surface area contributed by atoms with Crippen molar-refractivity contribution in [3.05, 3.63) is 58.6 Å². The largest absolute Gasteiger partial charge is 0.464 e. The van der Waals surface area contributed by atoms with Crippen molar-refractivity contribution in [1.29, 1.82) is 0 Å². The van der Waals surface area contributed by atoms with Gasteiger partial charge in [0.1, 0.15) is 0 Å². The van der Waals surface area contributed by atoms with Gasteiger partial charge in [0.15, 0.2) is 9.84 Å². The van der Waals surface area contributed by atoms with E-state index in [0.29, 0.717) is 25.0 Å². The van der Waals surface area contributed by atoms with Crippen molar-refractivity contribution in [2.45, 2.75) is 42.8 Å². The highest BCUT2D eigenvalue weighted by molar-refractivity contribution is 9.10. The van der Waals surface area contributed by atoms with Crippen molar-refractivity contribution in [2.24, 2.45) is 5.92 Å². The fourth-order valence-corrected chi connectivity index (χ4v) is 6.19. The molecule has 0 spiro atoms. The number of hydrogen-bond donors (Lipinski definition) is 3. The van der Waals surface area contributed by atoms with Gasteiger partial charge in [-0.05, 0) is 67.3 Å². The second-order valence-corrected chi connectivity index (χ2v) is 11.7. The molecule has 206 valence electrons. The Labute approximate surface area is 225 Å². The molecular formula is C24H25BrF3N3O6S. The van der Waals surface area contributed by atoms with E-state index in [1.165, 1.54) is 12.1 Å².